The Bertz CT molecular complexity index is 1090. The summed E-state index contributed by atoms with van der Waals surface area (Å²) in [7, 11) is 0. The molecule has 7 heteroatoms. The highest BCUT2D eigenvalue weighted by atomic mass is 19.4. The summed E-state index contributed by atoms with van der Waals surface area (Å²) in [5, 5.41) is 1.90. The molecule has 0 unspecified atom stereocenters. The summed E-state index contributed by atoms with van der Waals surface area (Å²) >= 11 is 0. The van der Waals surface area contributed by atoms with E-state index in [1.54, 1.807) is 6.20 Å². The Kier molecular flexibility index (Phi) is 6.31. The van der Waals surface area contributed by atoms with Crippen molar-refractivity contribution in [1.82, 2.24) is 15.3 Å². The predicted octanol–water partition coefficient (Wildman–Crippen LogP) is 5.01. The van der Waals surface area contributed by atoms with E-state index in [4.69, 9.17) is 0 Å². The van der Waals surface area contributed by atoms with Crippen molar-refractivity contribution in [3.05, 3.63) is 125 Å². The van der Waals surface area contributed by atoms with Gasteiger partial charge in [0.1, 0.15) is 11.2 Å². The topological polar surface area (TPSA) is 57.8 Å². The van der Waals surface area contributed by atoms with Crippen molar-refractivity contribution >= 4 is 5.91 Å². The van der Waals surface area contributed by atoms with E-state index < -0.39 is 17.5 Å². The highest BCUT2D eigenvalue weighted by Gasteiger charge is 2.41. The standard InChI is InChI=1S/C26H22F3N3O/c27-26(28,29)24(33)30-17-16-22-18-31-23(32-22)25(19-10-4-1-5-11-19,20-12-6-2-7-13-20)21-14-8-3-9-15-21/h1-15,18H,16-17H2,(H,30,33)(H,31,32). The maximum absolute atomic E-state index is 12.5. The third-order valence-electron chi connectivity index (χ3n) is 5.54. The highest BCUT2D eigenvalue weighted by Crippen LogP contribution is 2.43. The first-order valence-corrected chi connectivity index (χ1v) is 10.5. The quantitative estimate of drug-likeness (QED) is 0.390. The lowest BCUT2D eigenvalue weighted by atomic mass is 9.69. The summed E-state index contributed by atoms with van der Waals surface area (Å²) in [5.74, 6) is -1.31. The van der Waals surface area contributed by atoms with Gasteiger partial charge in [-0.05, 0) is 16.7 Å². The molecule has 4 nitrogen and oxygen atoms in total. The number of hydrogen-bond acceptors (Lipinski definition) is 2. The summed E-state index contributed by atoms with van der Waals surface area (Å²) in [6.45, 7) is -0.158. The normalized spacial score (nSPS) is 11.8. The zero-order valence-electron chi connectivity index (χ0n) is 17.6. The number of carbonyl (C=O) groups is 1. The maximum atomic E-state index is 12.5. The van der Waals surface area contributed by atoms with Crippen LogP contribution in [0, 0.1) is 0 Å². The number of rotatable bonds is 7. The van der Waals surface area contributed by atoms with Gasteiger partial charge in [0, 0.05) is 24.9 Å². The second-order valence-corrected chi connectivity index (χ2v) is 7.61. The fourth-order valence-electron chi connectivity index (χ4n) is 4.06. The van der Waals surface area contributed by atoms with Crippen LogP contribution in [-0.2, 0) is 16.6 Å². The first-order chi connectivity index (χ1) is 15.9. The van der Waals surface area contributed by atoms with Crippen molar-refractivity contribution < 1.29 is 18.0 Å². The van der Waals surface area contributed by atoms with E-state index in [1.165, 1.54) is 0 Å². The van der Waals surface area contributed by atoms with Crippen LogP contribution >= 0.6 is 0 Å². The lowest BCUT2D eigenvalue weighted by molar-refractivity contribution is -0.173. The minimum atomic E-state index is -4.90. The largest absolute Gasteiger partial charge is 0.471 e. The van der Waals surface area contributed by atoms with E-state index in [9.17, 15) is 18.0 Å². The molecule has 0 aliphatic carbocycles. The molecule has 4 aromatic rings. The minimum Gasteiger partial charge on any atom is -0.348 e. The van der Waals surface area contributed by atoms with Gasteiger partial charge in [-0.1, -0.05) is 91.0 Å². The lowest BCUT2D eigenvalue weighted by Crippen LogP contribution is -2.37. The Labute approximate surface area is 189 Å². The summed E-state index contributed by atoms with van der Waals surface area (Å²) in [4.78, 5) is 19.1. The van der Waals surface area contributed by atoms with Crippen molar-refractivity contribution in [3.8, 4) is 0 Å². The van der Waals surface area contributed by atoms with E-state index in [-0.39, 0.29) is 13.0 Å². The first-order valence-electron chi connectivity index (χ1n) is 10.5. The Hall–Kier alpha value is -3.87. The summed E-state index contributed by atoms with van der Waals surface area (Å²) in [5.41, 5.74) is 2.84. The van der Waals surface area contributed by atoms with Crippen LogP contribution in [0.5, 0.6) is 0 Å². The van der Waals surface area contributed by atoms with E-state index in [2.05, 4.69) is 9.97 Å². The molecule has 168 valence electrons. The van der Waals surface area contributed by atoms with E-state index in [0.717, 1.165) is 16.7 Å². The second-order valence-electron chi connectivity index (χ2n) is 7.61. The predicted molar refractivity (Wildman–Crippen MR) is 120 cm³/mol. The number of nitrogens with zero attached hydrogens (tertiary/aromatic N) is 1. The molecular formula is C26H22F3N3O. The molecular weight excluding hydrogens is 427 g/mol. The van der Waals surface area contributed by atoms with Gasteiger partial charge in [0.2, 0.25) is 0 Å². The second kappa shape index (κ2) is 9.32. The van der Waals surface area contributed by atoms with Crippen LogP contribution < -0.4 is 5.32 Å². The summed E-state index contributed by atoms with van der Waals surface area (Å²) in [6, 6.07) is 29.8. The Morgan fingerprint density at radius 3 is 1.67 bits per heavy atom. The van der Waals surface area contributed by atoms with Gasteiger partial charge < -0.3 is 10.3 Å². The van der Waals surface area contributed by atoms with E-state index in [0.29, 0.717) is 11.5 Å². The number of carbonyl (C=O) groups excluding carboxylic acids is 1. The van der Waals surface area contributed by atoms with Gasteiger partial charge in [-0.2, -0.15) is 13.2 Å². The number of hydrogen-bond donors (Lipinski definition) is 2. The molecule has 0 spiro atoms. The Morgan fingerprint density at radius 2 is 1.24 bits per heavy atom. The number of aromatic nitrogens is 2. The Balaban J connectivity index is 1.78. The number of nitrogens with one attached hydrogen (secondary N) is 2. The fourth-order valence-corrected chi connectivity index (χ4v) is 4.06. The molecule has 33 heavy (non-hydrogen) atoms. The van der Waals surface area contributed by atoms with E-state index >= 15 is 0 Å². The average molecular weight is 449 g/mol. The van der Waals surface area contributed by atoms with Crippen LogP contribution in [-0.4, -0.2) is 28.6 Å². The summed E-state index contributed by atoms with van der Waals surface area (Å²) < 4.78 is 37.4. The molecule has 0 saturated heterocycles. The van der Waals surface area contributed by atoms with Gasteiger partial charge in [-0.25, -0.2) is 4.98 Å². The van der Waals surface area contributed by atoms with Gasteiger partial charge in [0.05, 0.1) is 0 Å². The summed E-state index contributed by atoms with van der Waals surface area (Å²) in [6.07, 6.45) is -3.11. The van der Waals surface area contributed by atoms with Crippen molar-refractivity contribution in [2.24, 2.45) is 0 Å². The number of aromatic amines is 1. The molecule has 4 rings (SSSR count). The maximum Gasteiger partial charge on any atom is 0.471 e. The molecule has 1 aromatic heterocycles. The molecule has 2 N–H and O–H groups in total. The molecule has 0 fully saturated rings. The number of benzene rings is 3. The van der Waals surface area contributed by atoms with Crippen LogP contribution in [0.1, 0.15) is 28.2 Å². The number of alkyl halides is 3. The average Bonchev–Trinajstić information content (AvgIpc) is 3.30. The minimum absolute atomic E-state index is 0.158. The molecule has 0 atom stereocenters. The van der Waals surface area contributed by atoms with Crippen molar-refractivity contribution in [1.29, 1.82) is 0 Å². The van der Waals surface area contributed by atoms with Gasteiger partial charge in [-0.15, -0.1) is 0 Å². The molecule has 0 saturated carbocycles. The monoisotopic (exact) mass is 449 g/mol. The zero-order valence-corrected chi connectivity index (χ0v) is 17.6. The molecule has 3 aromatic carbocycles. The highest BCUT2D eigenvalue weighted by molar-refractivity contribution is 5.81. The van der Waals surface area contributed by atoms with Gasteiger partial charge >= 0.3 is 12.1 Å². The molecule has 0 aliphatic rings. The van der Waals surface area contributed by atoms with Gasteiger partial charge in [0.15, 0.2) is 0 Å². The first kappa shape index (κ1) is 22.3. The smallest absolute Gasteiger partial charge is 0.348 e. The van der Waals surface area contributed by atoms with Crippen molar-refractivity contribution in [3.63, 3.8) is 0 Å². The number of H-pyrrole nitrogens is 1. The number of halogens is 3. The fraction of sp³-hybridized carbons (Fsp3) is 0.154. The van der Waals surface area contributed by atoms with Crippen LogP contribution in [0.15, 0.2) is 97.2 Å². The molecule has 1 heterocycles. The number of amides is 1. The molecule has 0 bridgehead atoms. The van der Waals surface area contributed by atoms with E-state index in [1.807, 2.05) is 96.3 Å². The van der Waals surface area contributed by atoms with Crippen molar-refractivity contribution in [2.75, 3.05) is 6.54 Å². The Morgan fingerprint density at radius 1 is 0.788 bits per heavy atom. The third kappa shape index (κ3) is 4.53. The van der Waals surface area contributed by atoms with Crippen LogP contribution in [0.25, 0.3) is 0 Å². The molecule has 0 radical (unpaired) electrons. The third-order valence-corrected chi connectivity index (χ3v) is 5.54. The zero-order chi connectivity index (χ0) is 23.3. The van der Waals surface area contributed by atoms with Crippen LogP contribution in [0.2, 0.25) is 0 Å². The number of imidazole rings is 1. The van der Waals surface area contributed by atoms with Gasteiger partial charge in [-0.3, -0.25) is 4.79 Å². The molecule has 1 amide bonds. The van der Waals surface area contributed by atoms with Crippen molar-refractivity contribution in [2.45, 2.75) is 18.0 Å². The van der Waals surface area contributed by atoms with Crippen LogP contribution in [0.3, 0.4) is 0 Å². The van der Waals surface area contributed by atoms with Gasteiger partial charge in [0.25, 0.3) is 0 Å². The SMILES string of the molecule is O=C(NCCc1cnc(C(c2ccccc2)(c2ccccc2)c2ccccc2)[nH]1)C(F)(F)F. The van der Waals surface area contributed by atoms with Crippen LogP contribution in [0.4, 0.5) is 13.2 Å². The lowest BCUT2D eigenvalue weighted by Gasteiger charge is -2.34. The molecule has 0 aliphatic heterocycles.